The number of halogens is 1. The van der Waals surface area contributed by atoms with Crippen molar-refractivity contribution in [1.82, 2.24) is 19.9 Å². The number of carbonyl (C=O) groups is 2. The molecule has 0 atom stereocenters. The summed E-state index contributed by atoms with van der Waals surface area (Å²) in [6.45, 7) is 0.669. The van der Waals surface area contributed by atoms with E-state index in [4.69, 9.17) is 11.6 Å². The summed E-state index contributed by atoms with van der Waals surface area (Å²) in [4.78, 5) is 41.1. The SMILES string of the molecule is CN(C)C/C=C/C(=O)Nc1ccc(C(=O)N(C)c2cccc(Nc3ncc(Cl)c(-c4c[nH]c5ccccc45)n3)c2)cc1. The Balaban J connectivity index is 1.28. The standard InChI is InChI=1S/C32H30ClN7O2/c1-39(2)17-7-12-29(41)36-22-15-13-21(14-16-22)31(42)40(3)24-9-6-8-23(18-24)37-32-35-20-27(33)30(38-32)26-19-34-28-11-5-4-10-25(26)28/h4-16,18-20,34H,17H2,1-3H3,(H,36,41)(H,35,37,38)/b12-7+. The van der Waals surface area contributed by atoms with Crippen LogP contribution in [0.2, 0.25) is 5.02 Å². The van der Waals surface area contributed by atoms with Gasteiger partial charge in [0.25, 0.3) is 5.91 Å². The van der Waals surface area contributed by atoms with Crippen molar-refractivity contribution in [3.63, 3.8) is 0 Å². The third kappa shape index (κ3) is 6.65. The van der Waals surface area contributed by atoms with Crippen LogP contribution in [0.15, 0.2) is 97.3 Å². The van der Waals surface area contributed by atoms with Crippen LogP contribution in [0.3, 0.4) is 0 Å². The lowest BCUT2D eigenvalue weighted by molar-refractivity contribution is -0.111. The molecule has 2 aromatic heterocycles. The van der Waals surface area contributed by atoms with E-state index in [1.165, 1.54) is 6.08 Å². The first-order chi connectivity index (χ1) is 20.3. The second kappa shape index (κ2) is 12.7. The maximum absolute atomic E-state index is 13.2. The van der Waals surface area contributed by atoms with E-state index in [0.29, 0.717) is 45.8 Å². The van der Waals surface area contributed by atoms with Gasteiger partial charge in [-0.25, -0.2) is 9.97 Å². The highest BCUT2D eigenvalue weighted by Gasteiger charge is 2.16. The number of anilines is 4. The lowest BCUT2D eigenvalue weighted by Crippen LogP contribution is -2.26. The number of aromatic nitrogens is 3. The Morgan fingerprint density at radius 3 is 2.55 bits per heavy atom. The van der Waals surface area contributed by atoms with E-state index >= 15 is 0 Å². The molecule has 0 saturated heterocycles. The minimum Gasteiger partial charge on any atom is -0.360 e. The van der Waals surface area contributed by atoms with Crippen molar-refractivity contribution >= 4 is 57.3 Å². The first kappa shape index (κ1) is 28.5. The number of carbonyl (C=O) groups excluding carboxylic acids is 2. The average Bonchev–Trinajstić information content (AvgIpc) is 3.42. The second-order valence-electron chi connectivity index (χ2n) is 9.91. The maximum Gasteiger partial charge on any atom is 0.258 e. The smallest absolute Gasteiger partial charge is 0.258 e. The molecule has 0 unspecified atom stereocenters. The quantitative estimate of drug-likeness (QED) is 0.176. The van der Waals surface area contributed by atoms with Crippen molar-refractivity contribution in [3.05, 3.63) is 108 Å². The molecule has 0 aliphatic carbocycles. The van der Waals surface area contributed by atoms with Gasteiger partial charge in [0.15, 0.2) is 0 Å². The van der Waals surface area contributed by atoms with Gasteiger partial charge in [-0.2, -0.15) is 0 Å². The van der Waals surface area contributed by atoms with Crippen molar-refractivity contribution in [1.29, 1.82) is 0 Å². The van der Waals surface area contributed by atoms with E-state index in [0.717, 1.165) is 16.5 Å². The van der Waals surface area contributed by atoms with Gasteiger partial charge in [-0.15, -0.1) is 0 Å². The summed E-state index contributed by atoms with van der Waals surface area (Å²) in [6.07, 6.45) is 6.73. The predicted octanol–water partition coefficient (Wildman–Crippen LogP) is 6.35. The van der Waals surface area contributed by atoms with Crippen LogP contribution in [-0.2, 0) is 4.79 Å². The number of hydrogen-bond donors (Lipinski definition) is 3. The number of rotatable bonds is 9. The monoisotopic (exact) mass is 579 g/mol. The Labute approximate surface area is 248 Å². The van der Waals surface area contributed by atoms with Crippen LogP contribution in [0.4, 0.5) is 23.0 Å². The molecule has 5 aromatic rings. The molecule has 0 saturated carbocycles. The fraction of sp³-hybridized carbons (Fsp3) is 0.125. The highest BCUT2D eigenvalue weighted by molar-refractivity contribution is 6.33. The molecular formula is C32H30ClN7O2. The molecule has 2 amide bonds. The third-order valence-corrected chi connectivity index (χ3v) is 6.80. The molecule has 10 heteroatoms. The van der Waals surface area contributed by atoms with E-state index in [1.54, 1.807) is 48.5 Å². The minimum absolute atomic E-state index is 0.194. The number of likely N-dealkylation sites (N-methyl/N-ethyl adjacent to an activating group) is 1. The van der Waals surface area contributed by atoms with E-state index in [1.807, 2.05) is 73.7 Å². The molecule has 0 bridgehead atoms. The van der Waals surface area contributed by atoms with Crippen LogP contribution >= 0.6 is 11.6 Å². The number of hydrogen-bond acceptors (Lipinski definition) is 6. The van der Waals surface area contributed by atoms with Gasteiger partial charge in [-0.1, -0.05) is 41.9 Å². The molecule has 0 spiro atoms. The number of nitrogens with zero attached hydrogens (tertiary/aromatic N) is 4. The van der Waals surface area contributed by atoms with Gasteiger partial charge < -0.3 is 25.4 Å². The Morgan fingerprint density at radius 1 is 0.976 bits per heavy atom. The van der Waals surface area contributed by atoms with Gasteiger partial charge in [0.1, 0.15) is 0 Å². The highest BCUT2D eigenvalue weighted by atomic mass is 35.5. The van der Waals surface area contributed by atoms with Crippen molar-refractivity contribution in [2.24, 2.45) is 0 Å². The Kier molecular flexibility index (Phi) is 8.61. The molecule has 0 radical (unpaired) electrons. The van der Waals surface area contributed by atoms with Crippen LogP contribution in [0.25, 0.3) is 22.2 Å². The van der Waals surface area contributed by atoms with Gasteiger partial charge in [0.2, 0.25) is 11.9 Å². The Hall–Kier alpha value is -4.99. The molecule has 3 N–H and O–H groups in total. The van der Waals surface area contributed by atoms with Crippen molar-refractivity contribution < 1.29 is 9.59 Å². The normalized spacial score (nSPS) is 11.3. The number of nitrogens with one attached hydrogen (secondary N) is 3. The molecule has 5 rings (SSSR count). The maximum atomic E-state index is 13.2. The molecule has 0 aliphatic heterocycles. The fourth-order valence-electron chi connectivity index (χ4n) is 4.37. The van der Waals surface area contributed by atoms with Crippen LogP contribution < -0.4 is 15.5 Å². The Morgan fingerprint density at radius 2 is 1.76 bits per heavy atom. The zero-order valence-electron chi connectivity index (χ0n) is 23.4. The Bertz CT molecular complexity index is 1760. The van der Waals surface area contributed by atoms with Crippen LogP contribution in [0.5, 0.6) is 0 Å². The summed E-state index contributed by atoms with van der Waals surface area (Å²) >= 11 is 6.48. The van der Waals surface area contributed by atoms with Crippen LogP contribution in [0.1, 0.15) is 10.4 Å². The topological polar surface area (TPSA) is 106 Å². The van der Waals surface area contributed by atoms with Gasteiger partial charge in [0.05, 0.1) is 16.9 Å². The summed E-state index contributed by atoms with van der Waals surface area (Å²) in [5.74, 6) is -0.0455. The number of benzene rings is 3. The summed E-state index contributed by atoms with van der Waals surface area (Å²) < 4.78 is 0. The summed E-state index contributed by atoms with van der Waals surface area (Å²) in [5, 5.41) is 7.48. The van der Waals surface area contributed by atoms with Crippen molar-refractivity contribution in [3.8, 4) is 11.3 Å². The first-order valence-electron chi connectivity index (χ1n) is 13.2. The number of amides is 2. The number of para-hydroxylation sites is 1. The highest BCUT2D eigenvalue weighted by Crippen LogP contribution is 2.33. The third-order valence-electron chi connectivity index (χ3n) is 6.52. The second-order valence-corrected chi connectivity index (χ2v) is 10.3. The van der Waals surface area contributed by atoms with Crippen molar-refractivity contribution in [2.75, 3.05) is 43.2 Å². The molecule has 212 valence electrons. The molecular weight excluding hydrogens is 550 g/mol. The molecule has 2 heterocycles. The molecule has 3 aromatic carbocycles. The summed E-state index contributed by atoms with van der Waals surface area (Å²) in [6, 6.07) is 22.1. The fourth-order valence-corrected chi connectivity index (χ4v) is 4.56. The number of H-pyrrole nitrogens is 1. The van der Waals surface area contributed by atoms with Gasteiger partial charge in [-0.05, 0) is 62.6 Å². The number of aromatic amines is 1. The number of fused-ring (bicyclic) bond motifs is 1. The van der Waals surface area contributed by atoms with Gasteiger partial charge in [-0.3, -0.25) is 9.59 Å². The molecule has 42 heavy (non-hydrogen) atoms. The van der Waals surface area contributed by atoms with Crippen LogP contribution in [0, 0.1) is 0 Å². The van der Waals surface area contributed by atoms with E-state index in [-0.39, 0.29) is 11.8 Å². The van der Waals surface area contributed by atoms with E-state index in [9.17, 15) is 9.59 Å². The average molecular weight is 580 g/mol. The molecule has 0 aliphatic rings. The first-order valence-corrected chi connectivity index (χ1v) is 13.6. The largest absolute Gasteiger partial charge is 0.360 e. The van der Waals surface area contributed by atoms with Crippen LogP contribution in [-0.4, -0.2) is 59.4 Å². The zero-order chi connectivity index (χ0) is 29.6. The summed E-state index contributed by atoms with van der Waals surface area (Å²) in [7, 11) is 5.57. The van der Waals surface area contributed by atoms with Gasteiger partial charge >= 0.3 is 0 Å². The van der Waals surface area contributed by atoms with Crippen molar-refractivity contribution in [2.45, 2.75) is 0 Å². The van der Waals surface area contributed by atoms with E-state index in [2.05, 4.69) is 25.6 Å². The summed E-state index contributed by atoms with van der Waals surface area (Å²) in [5.41, 5.74) is 4.96. The molecule has 0 fully saturated rings. The molecule has 9 nitrogen and oxygen atoms in total. The lowest BCUT2D eigenvalue weighted by Gasteiger charge is -2.19. The predicted molar refractivity (Wildman–Crippen MR) is 170 cm³/mol. The minimum atomic E-state index is -0.226. The van der Waals surface area contributed by atoms with E-state index < -0.39 is 0 Å². The van der Waals surface area contributed by atoms with Gasteiger partial charge in [0, 0.05) is 65.0 Å². The lowest BCUT2D eigenvalue weighted by atomic mass is 10.1. The zero-order valence-corrected chi connectivity index (χ0v) is 24.2.